The maximum Gasteiger partial charge on any atom is 0.481 e. The molecule has 1 aromatic heterocycles. The summed E-state index contributed by atoms with van der Waals surface area (Å²) in [6.07, 6.45) is -14.0. The number of esters is 1. The highest BCUT2D eigenvalue weighted by atomic mass is 31.3. The number of hydrogen-bond donors (Lipinski definition) is 9. The molecule has 0 bridgehead atoms. The van der Waals surface area contributed by atoms with E-state index in [0.29, 0.717) is 4.57 Å². The Kier molecular flexibility index (Phi) is 10.2. The summed E-state index contributed by atoms with van der Waals surface area (Å²) in [6.45, 7) is -2.33. The van der Waals surface area contributed by atoms with Crippen LogP contribution in [0.3, 0.4) is 0 Å². The van der Waals surface area contributed by atoms with Crippen LogP contribution in [0.4, 0.5) is 0 Å². The van der Waals surface area contributed by atoms with E-state index >= 15 is 0 Å². The number of rotatable bonds is 12. The van der Waals surface area contributed by atoms with Crippen LogP contribution in [-0.2, 0) is 37.0 Å². The summed E-state index contributed by atoms with van der Waals surface area (Å²) in [5, 5.41) is 48.0. The molecule has 0 saturated carbocycles. The fourth-order valence-corrected chi connectivity index (χ4v) is 4.56. The number of H-pyrrole nitrogens is 1. The molecule has 0 aromatic carbocycles. The number of aromatic amines is 1. The number of Topliss-reactive ketones (excluding diaryl/α,β-unsaturated/α-hetero) is 1. The third-order valence-electron chi connectivity index (χ3n) is 4.66. The first-order chi connectivity index (χ1) is 17.0. The molecular formula is C15H22N2O18P2. The number of aliphatic hydroxyl groups excluding tert-OH is 5. The maximum atomic E-state index is 12.2. The van der Waals surface area contributed by atoms with Gasteiger partial charge in [0.1, 0.15) is 24.4 Å². The predicted molar refractivity (Wildman–Crippen MR) is 110 cm³/mol. The second-order valence-electron chi connectivity index (χ2n) is 7.33. The molecule has 2 heterocycles. The Morgan fingerprint density at radius 1 is 1.16 bits per heavy atom. The largest absolute Gasteiger partial charge is 0.481 e. The lowest BCUT2D eigenvalue weighted by Crippen LogP contribution is -2.48. The summed E-state index contributed by atoms with van der Waals surface area (Å²) in [5.41, 5.74) is -2.00. The molecule has 1 aromatic rings. The van der Waals surface area contributed by atoms with Crippen molar-refractivity contribution in [2.75, 3.05) is 13.2 Å². The number of ether oxygens (including phenoxy) is 2. The summed E-state index contributed by atoms with van der Waals surface area (Å²) in [7, 11) is -11.0. The van der Waals surface area contributed by atoms with E-state index in [9.17, 15) is 53.6 Å². The monoisotopic (exact) mass is 580 g/mol. The van der Waals surface area contributed by atoms with Gasteiger partial charge in [0.2, 0.25) is 0 Å². The van der Waals surface area contributed by atoms with Crippen molar-refractivity contribution < 1.29 is 77.2 Å². The minimum Gasteiger partial charge on any atom is -0.451 e. The molecule has 0 radical (unpaired) electrons. The normalized spacial score (nSPS) is 26.2. The molecule has 1 saturated heterocycles. The number of carbonyl (C=O) groups is 2. The molecule has 9 N–H and O–H groups in total. The second kappa shape index (κ2) is 12.1. The predicted octanol–water partition coefficient (Wildman–Crippen LogP) is -5.42. The maximum absolute atomic E-state index is 12.2. The van der Waals surface area contributed by atoms with E-state index in [0.717, 1.165) is 12.3 Å². The molecule has 8 unspecified atom stereocenters. The van der Waals surface area contributed by atoms with Crippen molar-refractivity contribution in [3.63, 3.8) is 0 Å². The van der Waals surface area contributed by atoms with Crippen molar-refractivity contribution in [2.45, 2.75) is 42.9 Å². The fraction of sp³-hybridized carbons (Fsp3) is 0.600. The lowest BCUT2D eigenvalue weighted by atomic mass is 10.0. The zero-order chi connectivity index (χ0) is 28.3. The Bertz CT molecular complexity index is 1190. The first kappa shape index (κ1) is 31.1. The van der Waals surface area contributed by atoms with E-state index in [2.05, 4.69) is 8.83 Å². The lowest BCUT2D eigenvalue weighted by molar-refractivity contribution is -0.171. The number of aromatic nitrogens is 2. The van der Waals surface area contributed by atoms with E-state index in [-0.39, 0.29) is 0 Å². The van der Waals surface area contributed by atoms with Gasteiger partial charge < -0.3 is 49.7 Å². The highest BCUT2D eigenvalue weighted by molar-refractivity contribution is 7.60. The molecular weight excluding hydrogens is 558 g/mol. The average molecular weight is 580 g/mol. The molecule has 1 fully saturated rings. The Balaban J connectivity index is 2.30. The number of hydrogen-bond acceptors (Lipinski definition) is 15. The van der Waals surface area contributed by atoms with Crippen LogP contribution in [0.15, 0.2) is 21.9 Å². The molecule has 20 nitrogen and oxygen atoms in total. The number of ketones is 1. The third-order valence-corrected chi connectivity index (χ3v) is 6.82. The van der Waals surface area contributed by atoms with Gasteiger partial charge in [-0.1, -0.05) is 0 Å². The molecule has 2 rings (SSSR count). The van der Waals surface area contributed by atoms with Gasteiger partial charge in [-0.05, 0) is 0 Å². The van der Waals surface area contributed by atoms with Crippen LogP contribution in [0.25, 0.3) is 0 Å². The zero-order valence-electron chi connectivity index (χ0n) is 18.1. The summed E-state index contributed by atoms with van der Waals surface area (Å²) < 4.78 is 41.1. The molecule has 22 heteroatoms. The van der Waals surface area contributed by atoms with Crippen LogP contribution in [-0.4, -0.2) is 111 Å². The van der Waals surface area contributed by atoms with Crippen molar-refractivity contribution in [1.82, 2.24) is 9.55 Å². The zero-order valence-corrected chi connectivity index (χ0v) is 19.9. The first-order valence-electron chi connectivity index (χ1n) is 9.76. The number of aliphatic hydroxyl groups is 5. The molecule has 37 heavy (non-hydrogen) atoms. The van der Waals surface area contributed by atoms with Gasteiger partial charge in [-0.25, -0.2) is 18.7 Å². The topological polar surface area (TPSA) is 322 Å². The van der Waals surface area contributed by atoms with Crippen molar-refractivity contribution in [3.05, 3.63) is 33.1 Å². The molecule has 0 aliphatic carbocycles. The van der Waals surface area contributed by atoms with Crippen LogP contribution in [0, 0.1) is 0 Å². The van der Waals surface area contributed by atoms with Gasteiger partial charge in [-0.3, -0.25) is 23.7 Å². The third kappa shape index (κ3) is 8.16. The standard InChI is InChI=1S/C15H22N2O18P2/c18-3-5(19)8(21)9(22)10(23)14(25)34-12-6(4-32-37(30,31)35-36(27,28)29)33-13(11(12)24)17-2-1-7(20)16-15(17)26/h1-2,5-6,8-9,11-13,18-19,21-22,24H,3-4H2,(H,30,31)(H,16,20,26)(H2,27,28,29). The smallest absolute Gasteiger partial charge is 0.451 e. The van der Waals surface area contributed by atoms with E-state index in [1.165, 1.54) is 0 Å². The summed E-state index contributed by atoms with van der Waals surface area (Å²) in [4.78, 5) is 76.3. The highest BCUT2D eigenvalue weighted by Crippen LogP contribution is 2.57. The Morgan fingerprint density at radius 3 is 2.32 bits per heavy atom. The fourth-order valence-electron chi connectivity index (χ4n) is 2.96. The number of carbonyl (C=O) groups excluding carboxylic acids is 2. The Labute approximate surface area is 204 Å². The van der Waals surface area contributed by atoms with Crippen LogP contribution in [0.2, 0.25) is 0 Å². The molecule has 210 valence electrons. The minimum absolute atomic E-state index is 0.579. The van der Waals surface area contributed by atoms with Gasteiger partial charge in [0.25, 0.3) is 11.3 Å². The van der Waals surface area contributed by atoms with E-state index in [1.807, 2.05) is 4.98 Å². The highest BCUT2D eigenvalue weighted by Gasteiger charge is 2.50. The molecule has 0 spiro atoms. The lowest BCUT2D eigenvalue weighted by Gasteiger charge is -2.23. The van der Waals surface area contributed by atoms with E-state index in [4.69, 9.17) is 24.4 Å². The van der Waals surface area contributed by atoms with Crippen LogP contribution in [0.5, 0.6) is 0 Å². The van der Waals surface area contributed by atoms with Crippen LogP contribution >= 0.6 is 15.6 Å². The van der Waals surface area contributed by atoms with E-state index < -0.39 is 94.7 Å². The molecule has 8 atom stereocenters. The van der Waals surface area contributed by atoms with Crippen LogP contribution < -0.4 is 11.2 Å². The summed E-state index contributed by atoms with van der Waals surface area (Å²) in [5.74, 6) is -3.84. The number of nitrogens with zero attached hydrogens (tertiary/aromatic N) is 1. The van der Waals surface area contributed by atoms with Crippen LogP contribution in [0.1, 0.15) is 6.23 Å². The number of phosphoric ester groups is 1. The van der Waals surface area contributed by atoms with Gasteiger partial charge in [0, 0.05) is 12.3 Å². The quantitative estimate of drug-likeness (QED) is 0.0632. The Hall–Kier alpha value is -2.16. The summed E-state index contributed by atoms with van der Waals surface area (Å²) >= 11 is 0. The van der Waals surface area contributed by atoms with Gasteiger partial charge in [0.15, 0.2) is 18.4 Å². The van der Waals surface area contributed by atoms with Crippen molar-refractivity contribution in [3.8, 4) is 0 Å². The molecule has 1 aliphatic rings. The summed E-state index contributed by atoms with van der Waals surface area (Å²) in [6, 6.07) is 0.825. The minimum atomic E-state index is -5.54. The first-order valence-corrected chi connectivity index (χ1v) is 12.8. The van der Waals surface area contributed by atoms with Gasteiger partial charge in [-0.2, -0.15) is 4.31 Å². The van der Waals surface area contributed by atoms with E-state index in [1.54, 1.807) is 0 Å². The SMILES string of the molecule is O=C(OC1C(COP(=O)(O)OP(=O)(O)O)OC(n2ccc(=O)[nH]c2=O)C1O)C(=O)C(O)C(O)C(O)CO. The van der Waals surface area contributed by atoms with Crippen molar-refractivity contribution in [2.24, 2.45) is 0 Å². The molecule has 1 aliphatic heterocycles. The van der Waals surface area contributed by atoms with Crippen molar-refractivity contribution in [1.29, 1.82) is 0 Å². The average Bonchev–Trinajstić information content (AvgIpc) is 3.09. The van der Waals surface area contributed by atoms with Gasteiger partial charge >= 0.3 is 27.3 Å². The molecule has 0 amide bonds. The number of nitrogens with one attached hydrogen (secondary N) is 1. The second-order valence-corrected chi connectivity index (χ2v) is 10.2. The van der Waals surface area contributed by atoms with Gasteiger partial charge in [0.05, 0.1) is 13.2 Å². The van der Waals surface area contributed by atoms with Gasteiger partial charge in [-0.15, -0.1) is 0 Å². The van der Waals surface area contributed by atoms with Crippen molar-refractivity contribution >= 4 is 27.4 Å². The number of phosphoric acid groups is 2. The Morgan fingerprint density at radius 2 is 1.78 bits per heavy atom.